The molecule has 1 aromatic heterocycles. The van der Waals surface area contributed by atoms with Crippen molar-refractivity contribution < 1.29 is 4.79 Å². The van der Waals surface area contributed by atoms with Crippen molar-refractivity contribution in [2.24, 2.45) is 0 Å². The summed E-state index contributed by atoms with van der Waals surface area (Å²) in [6.07, 6.45) is 3.44. The molecule has 2 aromatic carbocycles. The van der Waals surface area contributed by atoms with E-state index in [1.54, 1.807) is 23.1 Å². The van der Waals surface area contributed by atoms with Crippen LogP contribution in [-0.4, -0.2) is 15.7 Å². The van der Waals surface area contributed by atoms with E-state index in [4.69, 9.17) is 0 Å². The number of carbonyl (C=O) groups is 1. The molecule has 1 heterocycles. The highest BCUT2D eigenvalue weighted by atomic mass is 79.9. The van der Waals surface area contributed by atoms with Crippen molar-refractivity contribution >= 4 is 38.3 Å². The van der Waals surface area contributed by atoms with Gasteiger partial charge in [0.25, 0.3) is 0 Å². The Morgan fingerprint density at radius 1 is 1.24 bits per heavy atom. The summed E-state index contributed by atoms with van der Waals surface area (Å²) in [6.45, 7) is 1.82. The summed E-state index contributed by atoms with van der Waals surface area (Å²) in [5.41, 5.74) is 0.786. The molecule has 0 aliphatic carbocycles. The molecule has 5 heteroatoms. The topological polar surface area (TPSA) is 46.9 Å². The number of carbonyl (C=O) groups excluding carboxylic acids is 1. The number of hydrogen-bond acceptors (Lipinski definition) is 2. The number of benzene rings is 2. The van der Waals surface area contributed by atoms with Gasteiger partial charge in [0.15, 0.2) is 0 Å². The lowest BCUT2D eigenvalue weighted by atomic mass is 10.1. The fraction of sp³-hybridized carbons (Fsp3) is 0.125. The van der Waals surface area contributed by atoms with Gasteiger partial charge in [-0.15, -0.1) is 0 Å². The van der Waals surface area contributed by atoms with Crippen LogP contribution < -0.4 is 5.32 Å². The molecule has 0 aliphatic rings. The minimum Gasteiger partial charge on any atom is -0.324 e. The number of rotatable bonds is 3. The number of aromatic nitrogens is 2. The lowest BCUT2D eigenvalue weighted by molar-refractivity contribution is -0.119. The second-order valence-electron chi connectivity index (χ2n) is 4.86. The first-order chi connectivity index (χ1) is 10.1. The van der Waals surface area contributed by atoms with Crippen LogP contribution in [0.25, 0.3) is 10.8 Å². The minimum absolute atomic E-state index is 0.0878. The summed E-state index contributed by atoms with van der Waals surface area (Å²) >= 11 is 3.45. The molecule has 0 bridgehead atoms. The van der Waals surface area contributed by atoms with E-state index >= 15 is 0 Å². The number of anilines is 1. The van der Waals surface area contributed by atoms with Crippen LogP contribution in [0.1, 0.15) is 13.0 Å². The van der Waals surface area contributed by atoms with Crippen LogP contribution >= 0.6 is 15.9 Å². The molecule has 0 saturated carbocycles. The Morgan fingerprint density at radius 3 is 2.76 bits per heavy atom. The predicted molar refractivity (Wildman–Crippen MR) is 87.2 cm³/mol. The molecule has 106 valence electrons. The van der Waals surface area contributed by atoms with Crippen molar-refractivity contribution in [3.05, 3.63) is 59.3 Å². The van der Waals surface area contributed by atoms with Gasteiger partial charge in [0.05, 0.1) is 0 Å². The summed E-state index contributed by atoms with van der Waals surface area (Å²) in [6, 6.07) is 13.4. The average molecular weight is 344 g/mol. The maximum absolute atomic E-state index is 12.2. The Labute approximate surface area is 130 Å². The Kier molecular flexibility index (Phi) is 3.75. The van der Waals surface area contributed by atoms with Gasteiger partial charge >= 0.3 is 0 Å². The number of fused-ring (bicyclic) bond motifs is 1. The van der Waals surface area contributed by atoms with Crippen molar-refractivity contribution in [1.29, 1.82) is 0 Å². The van der Waals surface area contributed by atoms with Gasteiger partial charge in [-0.1, -0.05) is 28.1 Å². The maximum atomic E-state index is 12.2. The van der Waals surface area contributed by atoms with Crippen LogP contribution in [0.4, 0.5) is 5.69 Å². The molecule has 1 N–H and O–H groups in total. The Morgan fingerprint density at radius 2 is 2.00 bits per heavy atom. The minimum atomic E-state index is -0.347. The van der Waals surface area contributed by atoms with E-state index in [0.29, 0.717) is 0 Å². The van der Waals surface area contributed by atoms with E-state index < -0.39 is 0 Å². The molecule has 1 amide bonds. The molecule has 21 heavy (non-hydrogen) atoms. The van der Waals surface area contributed by atoms with Crippen LogP contribution in [0.2, 0.25) is 0 Å². The smallest absolute Gasteiger partial charge is 0.248 e. The van der Waals surface area contributed by atoms with Crippen LogP contribution in [0, 0.1) is 0 Å². The second-order valence-corrected chi connectivity index (χ2v) is 5.77. The molecular weight excluding hydrogens is 330 g/mol. The van der Waals surface area contributed by atoms with Crippen molar-refractivity contribution in [3.63, 3.8) is 0 Å². The molecular formula is C16H14BrN3O. The summed E-state index contributed by atoms with van der Waals surface area (Å²) < 4.78 is 2.67. The second kappa shape index (κ2) is 5.69. The van der Waals surface area contributed by atoms with Gasteiger partial charge in [0, 0.05) is 22.6 Å². The highest BCUT2D eigenvalue weighted by molar-refractivity contribution is 9.10. The summed E-state index contributed by atoms with van der Waals surface area (Å²) in [4.78, 5) is 12.2. The lowest BCUT2D eigenvalue weighted by Gasteiger charge is -2.13. The molecule has 4 nitrogen and oxygen atoms in total. The quantitative estimate of drug-likeness (QED) is 0.781. The van der Waals surface area contributed by atoms with Gasteiger partial charge in [0.1, 0.15) is 6.04 Å². The monoisotopic (exact) mass is 343 g/mol. The number of amides is 1. The standard InChI is InChI=1S/C16H14BrN3O/c1-11(20-8-2-7-18-20)16(21)19-15-6-4-12-9-14(17)5-3-13(12)10-15/h2-11H,1H3,(H,19,21). The molecule has 0 fully saturated rings. The van der Waals surface area contributed by atoms with Crippen LogP contribution in [0.15, 0.2) is 59.3 Å². The zero-order chi connectivity index (χ0) is 14.8. The van der Waals surface area contributed by atoms with Gasteiger partial charge in [-0.2, -0.15) is 5.10 Å². The first-order valence-electron chi connectivity index (χ1n) is 6.63. The SMILES string of the molecule is CC(C(=O)Nc1ccc2cc(Br)ccc2c1)n1cccn1. The van der Waals surface area contributed by atoms with Crippen LogP contribution in [0.3, 0.4) is 0 Å². The third-order valence-electron chi connectivity index (χ3n) is 3.37. The van der Waals surface area contributed by atoms with Gasteiger partial charge in [-0.05, 0) is 48.0 Å². The van der Waals surface area contributed by atoms with E-state index in [0.717, 1.165) is 20.9 Å². The normalized spacial score (nSPS) is 12.3. The zero-order valence-corrected chi connectivity index (χ0v) is 13.0. The number of nitrogens with one attached hydrogen (secondary N) is 1. The Balaban J connectivity index is 1.81. The summed E-state index contributed by atoms with van der Waals surface area (Å²) in [5, 5.41) is 9.23. The Hall–Kier alpha value is -2.14. The first kappa shape index (κ1) is 13.8. The molecule has 3 rings (SSSR count). The van der Waals surface area contributed by atoms with E-state index in [9.17, 15) is 4.79 Å². The van der Waals surface area contributed by atoms with E-state index in [1.807, 2.05) is 43.3 Å². The molecule has 0 spiro atoms. The fourth-order valence-corrected chi connectivity index (χ4v) is 2.55. The first-order valence-corrected chi connectivity index (χ1v) is 7.42. The molecule has 1 unspecified atom stereocenters. The molecule has 0 saturated heterocycles. The van der Waals surface area contributed by atoms with E-state index in [-0.39, 0.29) is 11.9 Å². The van der Waals surface area contributed by atoms with Crippen molar-refractivity contribution in [3.8, 4) is 0 Å². The number of hydrogen-bond donors (Lipinski definition) is 1. The van der Waals surface area contributed by atoms with Gasteiger partial charge in [-0.25, -0.2) is 0 Å². The zero-order valence-electron chi connectivity index (χ0n) is 11.5. The maximum Gasteiger partial charge on any atom is 0.248 e. The van der Waals surface area contributed by atoms with E-state index in [1.165, 1.54) is 0 Å². The largest absolute Gasteiger partial charge is 0.324 e. The third-order valence-corrected chi connectivity index (χ3v) is 3.86. The number of halogens is 1. The molecule has 1 atom stereocenters. The van der Waals surface area contributed by atoms with Gasteiger partial charge in [0.2, 0.25) is 5.91 Å². The van der Waals surface area contributed by atoms with E-state index in [2.05, 4.69) is 26.3 Å². The lowest BCUT2D eigenvalue weighted by Crippen LogP contribution is -2.23. The van der Waals surface area contributed by atoms with Gasteiger partial charge < -0.3 is 5.32 Å². The summed E-state index contributed by atoms with van der Waals surface area (Å²) in [5.74, 6) is -0.0878. The highest BCUT2D eigenvalue weighted by Gasteiger charge is 2.15. The Bertz CT molecular complexity index is 783. The van der Waals surface area contributed by atoms with Crippen molar-refractivity contribution in [1.82, 2.24) is 9.78 Å². The van der Waals surface area contributed by atoms with Crippen molar-refractivity contribution in [2.75, 3.05) is 5.32 Å². The summed E-state index contributed by atoms with van der Waals surface area (Å²) in [7, 11) is 0. The third kappa shape index (κ3) is 2.97. The van der Waals surface area contributed by atoms with Gasteiger partial charge in [-0.3, -0.25) is 9.48 Å². The fourth-order valence-electron chi connectivity index (χ4n) is 2.17. The van der Waals surface area contributed by atoms with Crippen LogP contribution in [-0.2, 0) is 4.79 Å². The van der Waals surface area contributed by atoms with Crippen LogP contribution in [0.5, 0.6) is 0 Å². The molecule has 0 radical (unpaired) electrons. The molecule has 0 aliphatic heterocycles. The van der Waals surface area contributed by atoms with Crippen molar-refractivity contribution in [2.45, 2.75) is 13.0 Å². The highest BCUT2D eigenvalue weighted by Crippen LogP contribution is 2.23. The predicted octanol–water partition coefficient (Wildman–Crippen LogP) is 4.00. The number of nitrogens with zero attached hydrogens (tertiary/aromatic N) is 2. The molecule has 3 aromatic rings. The average Bonchev–Trinajstić information content (AvgIpc) is 3.00.